The smallest absolute Gasteiger partial charge is 0.132 e. The molecule has 0 amide bonds. The Morgan fingerprint density at radius 2 is 1.00 bits per heavy atom. The third-order valence-corrected chi connectivity index (χ3v) is 9.73. The SMILES string of the molecule is Cc1ccc(-c2ccc(-c3c(Cl)c(Cl)c(-c4ccc(-c5ccc(C)cc5F)s4)c4nsnc34)s2)c(F)c1. The van der Waals surface area contributed by atoms with E-state index in [1.807, 2.05) is 50.2 Å². The fraction of sp³-hybridized carbons (Fsp3) is 0.0714. The van der Waals surface area contributed by atoms with E-state index in [0.29, 0.717) is 43.3 Å². The molecule has 0 aliphatic carbocycles. The molecule has 0 unspecified atom stereocenters. The topological polar surface area (TPSA) is 25.8 Å². The Morgan fingerprint density at radius 1 is 0.595 bits per heavy atom. The number of thiophene rings is 2. The van der Waals surface area contributed by atoms with Crippen molar-refractivity contribution in [3.8, 4) is 41.8 Å². The molecule has 3 aromatic carbocycles. The van der Waals surface area contributed by atoms with Crippen molar-refractivity contribution in [3.63, 3.8) is 0 Å². The zero-order valence-electron chi connectivity index (χ0n) is 19.4. The fourth-order valence-corrected chi connectivity index (χ4v) is 7.68. The molecule has 3 aromatic heterocycles. The average Bonchev–Trinajstić information content (AvgIpc) is 3.62. The van der Waals surface area contributed by atoms with Gasteiger partial charge in [0.2, 0.25) is 0 Å². The first-order valence-electron chi connectivity index (χ1n) is 11.2. The van der Waals surface area contributed by atoms with E-state index >= 15 is 0 Å². The van der Waals surface area contributed by atoms with Crippen LogP contribution in [-0.2, 0) is 0 Å². The Bertz CT molecular complexity index is 1690. The van der Waals surface area contributed by atoms with Gasteiger partial charge in [0.25, 0.3) is 0 Å². The quantitative estimate of drug-likeness (QED) is 0.206. The molecule has 6 rings (SSSR count). The van der Waals surface area contributed by atoms with Crippen LogP contribution in [0.4, 0.5) is 8.78 Å². The predicted molar refractivity (Wildman–Crippen MR) is 154 cm³/mol. The van der Waals surface area contributed by atoms with E-state index in [1.165, 1.54) is 34.8 Å². The molecule has 0 aliphatic heterocycles. The van der Waals surface area contributed by atoms with Gasteiger partial charge >= 0.3 is 0 Å². The number of aromatic nitrogens is 2. The van der Waals surface area contributed by atoms with Crippen LogP contribution in [0.25, 0.3) is 52.8 Å². The van der Waals surface area contributed by atoms with Gasteiger partial charge in [0, 0.05) is 41.8 Å². The maximum absolute atomic E-state index is 14.6. The molecule has 0 N–H and O–H groups in total. The lowest BCUT2D eigenvalue weighted by Gasteiger charge is -2.10. The van der Waals surface area contributed by atoms with Gasteiger partial charge < -0.3 is 0 Å². The number of halogens is 4. The van der Waals surface area contributed by atoms with Crippen LogP contribution in [0.3, 0.4) is 0 Å². The fourth-order valence-electron chi connectivity index (χ4n) is 4.27. The van der Waals surface area contributed by atoms with Crippen LogP contribution in [0.5, 0.6) is 0 Å². The molecule has 2 nitrogen and oxygen atoms in total. The molecule has 0 spiro atoms. The minimum absolute atomic E-state index is 0.271. The number of benzene rings is 3. The summed E-state index contributed by atoms with van der Waals surface area (Å²) in [5.74, 6) is -0.543. The minimum Gasteiger partial charge on any atom is -0.206 e. The summed E-state index contributed by atoms with van der Waals surface area (Å²) in [5.41, 5.74) is 5.38. The normalized spacial score (nSPS) is 11.5. The Balaban J connectivity index is 1.47. The van der Waals surface area contributed by atoms with Crippen molar-refractivity contribution < 1.29 is 8.78 Å². The molecule has 3 heterocycles. The van der Waals surface area contributed by atoms with E-state index in [9.17, 15) is 8.78 Å². The highest BCUT2D eigenvalue weighted by molar-refractivity contribution is 7.19. The molecule has 9 heteroatoms. The summed E-state index contributed by atoms with van der Waals surface area (Å²) in [6.45, 7) is 3.71. The number of rotatable bonds is 4. The van der Waals surface area contributed by atoms with Gasteiger partial charge in [-0.3, -0.25) is 0 Å². The van der Waals surface area contributed by atoms with Crippen LogP contribution in [0.1, 0.15) is 11.1 Å². The molecule has 0 aliphatic rings. The van der Waals surface area contributed by atoms with Crippen LogP contribution in [0.15, 0.2) is 60.7 Å². The van der Waals surface area contributed by atoms with Crippen molar-refractivity contribution in [2.24, 2.45) is 0 Å². The van der Waals surface area contributed by atoms with E-state index in [1.54, 1.807) is 12.1 Å². The third-order valence-electron chi connectivity index (χ3n) is 6.08. The molecule has 6 aromatic rings. The Morgan fingerprint density at radius 3 is 1.41 bits per heavy atom. The van der Waals surface area contributed by atoms with Gasteiger partial charge in [-0.1, -0.05) is 47.5 Å². The van der Waals surface area contributed by atoms with Crippen molar-refractivity contribution in [3.05, 3.63) is 93.5 Å². The van der Waals surface area contributed by atoms with Crippen LogP contribution in [-0.4, -0.2) is 8.75 Å². The van der Waals surface area contributed by atoms with Crippen LogP contribution in [0.2, 0.25) is 10.0 Å². The monoisotopic (exact) mass is 584 g/mol. The molecule has 184 valence electrons. The second-order valence-corrected chi connectivity index (χ2v) is 12.1. The van der Waals surface area contributed by atoms with E-state index < -0.39 is 0 Å². The van der Waals surface area contributed by atoms with Gasteiger partial charge in [-0.2, -0.15) is 8.75 Å². The van der Waals surface area contributed by atoms with E-state index in [4.69, 9.17) is 23.2 Å². The van der Waals surface area contributed by atoms with Gasteiger partial charge in [-0.05, 0) is 61.4 Å². The lowest BCUT2D eigenvalue weighted by molar-refractivity contribution is 0.630. The molecule has 0 saturated carbocycles. The minimum atomic E-state index is -0.271. The van der Waals surface area contributed by atoms with Crippen LogP contribution >= 0.6 is 57.6 Å². The van der Waals surface area contributed by atoms with Crippen molar-refractivity contribution >= 4 is 68.6 Å². The highest BCUT2D eigenvalue weighted by atomic mass is 35.5. The van der Waals surface area contributed by atoms with Crippen molar-refractivity contribution in [1.29, 1.82) is 0 Å². The van der Waals surface area contributed by atoms with Crippen molar-refractivity contribution in [2.75, 3.05) is 0 Å². The lowest BCUT2D eigenvalue weighted by atomic mass is 10.0. The summed E-state index contributed by atoms with van der Waals surface area (Å²) >= 11 is 17.7. The number of hydrogen-bond acceptors (Lipinski definition) is 5. The molecule has 37 heavy (non-hydrogen) atoms. The highest BCUT2D eigenvalue weighted by Gasteiger charge is 2.25. The molecular formula is C28H16Cl2F2N2S3. The first kappa shape index (κ1) is 24.6. The Hall–Kier alpha value is -2.68. The molecular weight excluding hydrogens is 569 g/mol. The average molecular weight is 586 g/mol. The zero-order valence-corrected chi connectivity index (χ0v) is 23.4. The van der Waals surface area contributed by atoms with Gasteiger partial charge in [-0.25, -0.2) is 8.78 Å². The summed E-state index contributed by atoms with van der Waals surface area (Å²) in [6, 6.07) is 17.9. The van der Waals surface area contributed by atoms with E-state index in [2.05, 4.69) is 8.75 Å². The first-order valence-corrected chi connectivity index (χ1v) is 14.3. The molecule has 0 atom stereocenters. The molecule has 0 fully saturated rings. The van der Waals surface area contributed by atoms with E-state index in [0.717, 1.165) is 42.4 Å². The Labute approximate surface area is 234 Å². The predicted octanol–water partition coefficient (Wildman–Crippen LogP) is 10.7. The van der Waals surface area contributed by atoms with Crippen LogP contribution < -0.4 is 0 Å². The maximum Gasteiger partial charge on any atom is 0.132 e. The highest BCUT2D eigenvalue weighted by Crippen LogP contribution is 2.50. The second-order valence-electron chi connectivity index (χ2n) is 8.63. The summed E-state index contributed by atoms with van der Waals surface area (Å²) in [5, 5.41) is 0.706. The number of hydrogen-bond donors (Lipinski definition) is 0. The summed E-state index contributed by atoms with van der Waals surface area (Å²) in [4.78, 5) is 3.20. The largest absolute Gasteiger partial charge is 0.206 e. The summed E-state index contributed by atoms with van der Waals surface area (Å²) in [7, 11) is 0. The summed E-state index contributed by atoms with van der Waals surface area (Å²) in [6.07, 6.45) is 0. The maximum atomic E-state index is 14.6. The van der Waals surface area contributed by atoms with E-state index in [-0.39, 0.29) is 11.6 Å². The van der Waals surface area contributed by atoms with Crippen molar-refractivity contribution in [2.45, 2.75) is 13.8 Å². The first-order chi connectivity index (χ1) is 17.8. The molecule has 0 bridgehead atoms. The second kappa shape index (κ2) is 9.57. The van der Waals surface area contributed by atoms with Gasteiger partial charge in [0.1, 0.15) is 22.7 Å². The number of fused-ring (bicyclic) bond motifs is 1. The Kier molecular flexibility index (Phi) is 6.37. The molecule has 0 saturated heterocycles. The lowest BCUT2D eigenvalue weighted by Crippen LogP contribution is -1.87. The third kappa shape index (κ3) is 4.29. The zero-order chi connectivity index (χ0) is 25.8. The number of aryl methyl sites for hydroxylation is 2. The molecule has 0 radical (unpaired) electrons. The van der Waals surface area contributed by atoms with Crippen molar-refractivity contribution in [1.82, 2.24) is 8.75 Å². The van der Waals surface area contributed by atoms with Crippen LogP contribution in [0, 0.1) is 25.5 Å². The van der Waals surface area contributed by atoms with Gasteiger partial charge in [0.15, 0.2) is 0 Å². The number of nitrogens with zero attached hydrogens (tertiary/aromatic N) is 2. The standard InChI is InChI=1S/C28H16Cl2F2N2S3/c1-13-3-5-15(17(31)11-13)19-7-9-21(35-19)23-25(29)26(30)24(28-27(23)33-37-34-28)22-10-8-20(36-22)16-6-4-14(2)12-18(16)32/h3-12H,1-2H3. The van der Waals surface area contributed by atoms with Gasteiger partial charge in [-0.15, -0.1) is 22.7 Å². The summed E-state index contributed by atoms with van der Waals surface area (Å²) < 4.78 is 38.3. The van der Waals surface area contributed by atoms with Gasteiger partial charge in [0.05, 0.1) is 21.8 Å².